The Kier molecular flexibility index (Phi) is 5.03. The van der Waals surface area contributed by atoms with Crippen molar-refractivity contribution in [2.45, 2.75) is 0 Å². The van der Waals surface area contributed by atoms with Gasteiger partial charge in [0.1, 0.15) is 11.3 Å². The topological polar surface area (TPSA) is 98.1 Å². The number of hydrogen-bond donors (Lipinski definition) is 1. The van der Waals surface area contributed by atoms with Gasteiger partial charge in [-0.25, -0.2) is 33.5 Å². The van der Waals surface area contributed by atoms with Gasteiger partial charge >= 0.3 is 0 Å². The zero-order valence-electron chi connectivity index (χ0n) is 21.5. The number of halogens is 2. The van der Waals surface area contributed by atoms with Crippen LogP contribution in [-0.4, -0.2) is 38.5 Å². The molecule has 0 fully saturated rings. The molecule has 0 aliphatic carbocycles. The van der Waals surface area contributed by atoms with Gasteiger partial charge in [-0.1, -0.05) is 101 Å². The van der Waals surface area contributed by atoms with Crippen molar-refractivity contribution in [1.82, 2.24) is 38.5 Å². The van der Waals surface area contributed by atoms with E-state index < -0.39 is 0 Å². The Labute approximate surface area is 254 Å². The Morgan fingerprint density at radius 3 is 1.48 bits per heavy atom. The van der Waals surface area contributed by atoms with Gasteiger partial charge in [-0.15, -0.1) is 0 Å². The Hall–Kier alpha value is -4.80. The molecule has 0 saturated heterocycles. The fraction of sp³-hybridized carbons (Fsp3) is 0. The average Bonchev–Trinajstić information content (AvgIpc) is 3.72. The van der Waals surface area contributed by atoms with Crippen LogP contribution < -0.4 is 0 Å². The normalized spacial score (nSPS) is 12.0. The van der Waals surface area contributed by atoms with Crippen molar-refractivity contribution in [3.63, 3.8) is 0 Å². The smallest absolute Gasteiger partial charge is 0.164 e. The van der Waals surface area contributed by atoms with Crippen LogP contribution in [0.1, 0.15) is 0 Å². The van der Waals surface area contributed by atoms with E-state index in [1.54, 1.807) is 0 Å². The van der Waals surface area contributed by atoms with E-state index in [9.17, 15) is 0 Å². The SMILES string of the molecule is Brc1cccc2c3nc4nc(nc5c6ccccc6c(nc6nc(nc([nH]3)c12)-c1ccccc1-6)n5Br)-c1ccccc1-4. The van der Waals surface area contributed by atoms with Crippen molar-refractivity contribution in [2.75, 3.05) is 0 Å². The van der Waals surface area contributed by atoms with E-state index in [1.807, 2.05) is 94.6 Å². The summed E-state index contributed by atoms with van der Waals surface area (Å²) < 4.78 is 2.73. The van der Waals surface area contributed by atoms with Gasteiger partial charge in [-0.05, 0) is 6.07 Å². The second-order valence-corrected chi connectivity index (χ2v) is 11.6. The zero-order chi connectivity index (χ0) is 27.9. The van der Waals surface area contributed by atoms with Crippen LogP contribution in [0.4, 0.5) is 0 Å². The highest BCUT2D eigenvalue weighted by atomic mass is 79.9. The lowest BCUT2D eigenvalue weighted by atomic mass is 10.1. The van der Waals surface area contributed by atoms with Crippen LogP contribution in [0.5, 0.6) is 0 Å². The predicted octanol–water partition coefficient (Wildman–Crippen LogP) is 8.26. The van der Waals surface area contributed by atoms with Gasteiger partial charge in [0.25, 0.3) is 0 Å². The molecule has 1 N–H and O–H groups in total. The van der Waals surface area contributed by atoms with Gasteiger partial charge in [-0.2, -0.15) is 0 Å². The number of nitrogens with one attached hydrogen (secondary N) is 1. The highest BCUT2D eigenvalue weighted by Gasteiger charge is 2.23. The molecule has 9 rings (SSSR count). The minimum atomic E-state index is 0.572. The lowest BCUT2D eigenvalue weighted by Gasteiger charge is -1.97. The molecular weight excluding hydrogens is 656 g/mol. The van der Waals surface area contributed by atoms with Crippen molar-refractivity contribution >= 4 is 76.2 Å². The lowest BCUT2D eigenvalue weighted by Crippen LogP contribution is -1.87. The van der Waals surface area contributed by atoms with Crippen LogP contribution in [0.2, 0.25) is 0 Å². The highest BCUT2D eigenvalue weighted by molar-refractivity contribution is 9.10. The number of aromatic amines is 1. The van der Waals surface area contributed by atoms with E-state index in [0.717, 1.165) is 48.3 Å². The highest BCUT2D eigenvalue weighted by Crippen LogP contribution is 2.38. The van der Waals surface area contributed by atoms with Crippen molar-refractivity contribution in [3.8, 4) is 45.6 Å². The van der Waals surface area contributed by atoms with Gasteiger partial charge in [0.15, 0.2) is 34.6 Å². The molecule has 0 spiro atoms. The maximum Gasteiger partial charge on any atom is 0.164 e. The zero-order valence-corrected chi connectivity index (χ0v) is 24.7. The molecule has 10 heteroatoms. The number of aromatic nitrogens is 8. The molecule has 0 radical (unpaired) electrons. The van der Waals surface area contributed by atoms with Gasteiger partial charge < -0.3 is 4.98 Å². The fourth-order valence-corrected chi connectivity index (χ4v) is 6.81. The third-order valence-corrected chi connectivity index (χ3v) is 8.96. The molecule has 0 atom stereocenters. The first-order valence-electron chi connectivity index (χ1n) is 13.2. The third kappa shape index (κ3) is 3.39. The second kappa shape index (κ2) is 8.85. The molecule has 0 unspecified atom stereocenters. The minimum Gasteiger partial charge on any atom is -0.324 e. The van der Waals surface area contributed by atoms with E-state index >= 15 is 0 Å². The van der Waals surface area contributed by atoms with E-state index in [1.165, 1.54) is 0 Å². The molecule has 5 heterocycles. The number of hydrogen-bond acceptors (Lipinski definition) is 6. The average molecular weight is 672 g/mol. The number of nitrogens with zero attached hydrogens (tertiary/aromatic N) is 7. The first-order valence-corrected chi connectivity index (χ1v) is 14.7. The van der Waals surface area contributed by atoms with Crippen LogP contribution in [0.25, 0.3) is 89.7 Å². The van der Waals surface area contributed by atoms with Crippen molar-refractivity contribution in [3.05, 3.63) is 95.5 Å². The molecule has 4 aromatic carbocycles. The molecular formula is C32H16Br2N8. The Morgan fingerprint density at radius 1 is 0.476 bits per heavy atom. The first kappa shape index (κ1) is 23.9. The molecule has 42 heavy (non-hydrogen) atoms. The number of rotatable bonds is 0. The molecule has 7 aromatic rings. The largest absolute Gasteiger partial charge is 0.324 e. The van der Waals surface area contributed by atoms with E-state index in [-0.39, 0.29) is 0 Å². The van der Waals surface area contributed by atoms with Crippen LogP contribution in [0, 0.1) is 0 Å². The summed E-state index contributed by atoms with van der Waals surface area (Å²) >= 11 is 7.51. The van der Waals surface area contributed by atoms with Crippen LogP contribution in [-0.2, 0) is 0 Å². The Morgan fingerprint density at radius 2 is 0.929 bits per heavy atom. The molecule has 8 nitrogen and oxygen atoms in total. The van der Waals surface area contributed by atoms with Crippen LogP contribution in [0.15, 0.2) is 95.5 Å². The molecule has 0 saturated carbocycles. The standard InChI is InChI=1S/C32H16Br2N8/c33-23-15-7-14-22-24(23)30-38-26-17-9-2-4-11-19(17)28(36-26)41-32-21-13-6-5-12-20(21)31(42(32)34)40-27-18-10-3-1-8-16(18)25(35-27)37-29(22)39-30/h1-15H,(H,35,36,37,38,39,40,41). The number of H-pyrrole nitrogens is 1. The number of fused-ring (bicyclic) bond motifs is 20. The predicted molar refractivity (Wildman–Crippen MR) is 172 cm³/mol. The molecule has 2 aliphatic rings. The summed E-state index contributed by atoms with van der Waals surface area (Å²) in [4.78, 5) is 33.7. The lowest BCUT2D eigenvalue weighted by molar-refractivity contribution is 1.18. The molecule has 8 bridgehead atoms. The van der Waals surface area contributed by atoms with Crippen LogP contribution in [0.3, 0.4) is 0 Å². The quantitative estimate of drug-likeness (QED) is 0.174. The number of benzene rings is 4. The molecule has 198 valence electrons. The maximum atomic E-state index is 5.09. The maximum absolute atomic E-state index is 5.09. The Balaban J connectivity index is 1.54. The van der Waals surface area contributed by atoms with Gasteiger partial charge in [0, 0.05) is 48.3 Å². The van der Waals surface area contributed by atoms with E-state index in [2.05, 4.69) is 37.1 Å². The van der Waals surface area contributed by atoms with Crippen molar-refractivity contribution in [2.24, 2.45) is 0 Å². The summed E-state index contributed by atoms with van der Waals surface area (Å²) in [5.74, 6) is 2.30. The summed E-state index contributed by atoms with van der Waals surface area (Å²) in [6, 6.07) is 30.1. The molecule has 3 aromatic heterocycles. The summed E-state index contributed by atoms with van der Waals surface area (Å²) in [5.41, 5.74) is 6.30. The van der Waals surface area contributed by atoms with Gasteiger partial charge in [0.2, 0.25) is 0 Å². The molecule has 2 aliphatic heterocycles. The van der Waals surface area contributed by atoms with Gasteiger partial charge in [0.05, 0.1) is 16.1 Å². The Bertz CT molecular complexity index is 2460. The van der Waals surface area contributed by atoms with Crippen LogP contribution >= 0.6 is 32.1 Å². The fourth-order valence-electron chi connectivity index (χ4n) is 5.71. The summed E-state index contributed by atoms with van der Waals surface area (Å²) in [6.07, 6.45) is 0. The van der Waals surface area contributed by atoms with Gasteiger partial charge in [-0.3, -0.25) is 0 Å². The third-order valence-electron chi connectivity index (χ3n) is 7.62. The van der Waals surface area contributed by atoms with E-state index in [4.69, 9.17) is 29.9 Å². The van der Waals surface area contributed by atoms with Crippen molar-refractivity contribution < 1.29 is 0 Å². The second-order valence-electron chi connectivity index (χ2n) is 10.0. The summed E-state index contributed by atoms with van der Waals surface area (Å²) in [7, 11) is 0. The first-order chi connectivity index (χ1) is 20.6. The monoisotopic (exact) mass is 670 g/mol. The van der Waals surface area contributed by atoms with E-state index in [0.29, 0.717) is 45.9 Å². The summed E-state index contributed by atoms with van der Waals surface area (Å²) in [5, 5.41) is 3.71. The van der Waals surface area contributed by atoms with Crippen molar-refractivity contribution in [1.29, 1.82) is 0 Å². The minimum absolute atomic E-state index is 0.572. The molecule has 0 amide bonds. The summed E-state index contributed by atoms with van der Waals surface area (Å²) in [6.45, 7) is 0.